The fraction of sp³-hybridized carbons (Fsp3) is 0.538. The minimum absolute atomic E-state index is 0. The van der Waals surface area contributed by atoms with Crippen LogP contribution in [0.4, 0.5) is 0 Å². The number of amides is 4. The molecule has 16 nitrogen and oxygen atoms in total. The van der Waals surface area contributed by atoms with Crippen molar-refractivity contribution in [2.24, 2.45) is 0 Å². The maximum atomic E-state index is 11.7. The first-order valence-electron chi connectivity index (χ1n) is 8.20. The molecule has 0 saturated carbocycles. The van der Waals surface area contributed by atoms with E-state index in [2.05, 4.69) is 9.68 Å². The largest absolute Gasteiger partial charge is 0.333 e. The van der Waals surface area contributed by atoms with Crippen molar-refractivity contribution in [3.05, 3.63) is 0 Å². The third-order valence-corrected chi connectivity index (χ3v) is 6.17. The SMILES string of the molecule is O=C(CCCC(=O)ON1C(=O)CC(S(=O)(=O)O)C1=O)ON1C(=O)CC(S(=O)(=O)O)C1=O.[Na]. The maximum absolute atomic E-state index is 11.7. The molecule has 2 heterocycles. The quantitative estimate of drug-likeness (QED) is 0.185. The van der Waals surface area contributed by atoms with Gasteiger partial charge < -0.3 is 9.68 Å². The summed E-state index contributed by atoms with van der Waals surface area (Å²) in [4.78, 5) is 78.8. The number of carbonyl (C=O) groups excluding carboxylic acids is 6. The summed E-state index contributed by atoms with van der Waals surface area (Å²) < 4.78 is 61.7. The van der Waals surface area contributed by atoms with Crippen molar-refractivity contribution in [3.63, 3.8) is 0 Å². The Hall–Kier alpha value is -1.96. The van der Waals surface area contributed by atoms with Crippen LogP contribution in [0, 0.1) is 0 Å². The molecule has 2 fully saturated rings. The first-order valence-corrected chi connectivity index (χ1v) is 11.2. The van der Waals surface area contributed by atoms with Crippen molar-refractivity contribution < 1.29 is 64.4 Å². The molecule has 0 spiro atoms. The van der Waals surface area contributed by atoms with Crippen molar-refractivity contribution >= 4 is 85.4 Å². The summed E-state index contributed by atoms with van der Waals surface area (Å²) in [5.41, 5.74) is 0. The van der Waals surface area contributed by atoms with E-state index in [1.807, 2.05) is 0 Å². The van der Waals surface area contributed by atoms with E-state index < -0.39 is 92.0 Å². The molecular weight excluding hydrogens is 495 g/mol. The first-order chi connectivity index (χ1) is 14.1. The summed E-state index contributed by atoms with van der Waals surface area (Å²) in [6.07, 6.45) is -3.40. The van der Waals surface area contributed by atoms with Gasteiger partial charge in [-0.3, -0.25) is 28.3 Å². The van der Waals surface area contributed by atoms with Crippen molar-refractivity contribution in [1.82, 2.24) is 10.1 Å². The monoisotopic (exact) mass is 509 g/mol. The van der Waals surface area contributed by atoms with E-state index in [0.29, 0.717) is 0 Å². The molecule has 2 rings (SSSR count). The van der Waals surface area contributed by atoms with E-state index in [4.69, 9.17) is 9.11 Å². The molecule has 0 aromatic heterocycles. The molecule has 2 saturated heterocycles. The van der Waals surface area contributed by atoms with Crippen LogP contribution in [0.2, 0.25) is 0 Å². The van der Waals surface area contributed by atoms with Gasteiger partial charge in [0.05, 0.1) is 12.8 Å². The predicted octanol–water partition coefficient (Wildman–Crippen LogP) is -3.28. The van der Waals surface area contributed by atoms with Gasteiger partial charge in [0, 0.05) is 42.4 Å². The van der Waals surface area contributed by atoms with Crippen LogP contribution >= 0.6 is 0 Å². The van der Waals surface area contributed by atoms with Gasteiger partial charge >= 0.3 is 11.9 Å². The summed E-state index contributed by atoms with van der Waals surface area (Å²) in [7, 11) is -9.79. The number of carbonyl (C=O) groups is 6. The molecule has 1 radical (unpaired) electrons. The van der Waals surface area contributed by atoms with E-state index in [9.17, 15) is 45.6 Å². The molecule has 2 N–H and O–H groups in total. The second-order valence-corrected chi connectivity index (χ2v) is 9.45. The van der Waals surface area contributed by atoms with Crippen LogP contribution in [0.25, 0.3) is 0 Å². The molecule has 0 aromatic carbocycles. The van der Waals surface area contributed by atoms with E-state index in [1.54, 1.807) is 0 Å². The molecule has 4 amide bonds. The fourth-order valence-electron chi connectivity index (χ4n) is 2.49. The average Bonchev–Trinajstić information content (AvgIpc) is 3.06. The van der Waals surface area contributed by atoms with Gasteiger partial charge in [-0.05, 0) is 6.42 Å². The van der Waals surface area contributed by atoms with E-state index in [1.165, 1.54) is 0 Å². The van der Waals surface area contributed by atoms with Gasteiger partial charge in [-0.1, -0.05) is 0 Å². The van der Waals surface area contributed by atoms with Crippen LogP contribution in [0.5, 0.6) is 0 Å². The molecule has 173 valence electrons. The maximum Gasteiger partial charge on any atom is 0.333 e. The first kappa shape index (κ1) is 28.1. The molecule has 32 heavy (non-hydrogen) atoms. The minimum atomic E-state index is -4.89. The zero-order chi connectivity index (χ0) is 23.7. The Morgan fingerprint density at radius 1 is 0.781 bits per heavy atom. The third-order valence-electron chi connectivity index (χ3n) is 3.99. The van der Waals surface area contributed by atoms with Gasteiger partial charge in [0.2, 0.25) is 0 Å². The van der Waals surface area contributed by atoms with Gasteiger partial charge in [-0.25, -0.2) is 9.59 Å². The third kappa shape index (κ3) is 6.53. The number of nitrogens with zero attached hydrogens (tertiary/aromatic N) is 2. The average molecular weight is 509 g/mol. The Morgan fingerprint density at radius 3 is 1.34 bits per heavy atom. The van der Waals surface area contributed by atoms with Crippen molar-refractivity contribution in [2.45, 2.75) is 42.6 Å². The summed E-state index contributed by atoms with van der Waals surface area (Å²) in [5.74, 6) is -7.80. The Balaban J connectivity index is 0.00000512. The molecular formula is C13H14N2NaO14S2. The zero-order valence-corrected chi connectivity index (χ0v) is 19.8. The van der Waals surface area contributed by atoms with Crippen LogP contribution in [0.15, 0.2) is 0 Å². The van der Waals surface area contributed by atoms with Gasteiger partial charge in [0.15, 0.2) is 10.5 Å². The molecule has 2 aliphatic heterocycles. The van der Waals surface area contributed by atoms with E-state index in [0.717, 1.165) is 0 Å². The van der Waals surface area contributed by atoms with Crippen LogP contribution in [0.3, 0.4) is 0 Å². The number of hydrogen-bond donors (Lipinski definition) is 2. The number of hydroxylamine groups is 4. The molecule has 2 aliphatic rings. The smallest absolute Gasteiger partial charge is 0.330 e. The second kappa shape index (κ2) is 10.3. The topological polar surface area (TPSA) is 236 Å². The normalized spacial score (nSPS) is 21.6. The summed E-state index contributed by atoms with van der Waals surface area (Å²) >= 11 is 0. The Morgan fingerprint density at radius 2 is 1.09 bits per heavy atom. The van der Waals surface area contributed by atoms with Crippen LogP contribution in [-0.2, 0) is 58.7 Å². The molecule has 2 unspecified atom stereocenters. The van der Waals surface area contributed by atoms with Crippen molar-refractivity contribution in [1.29, 1.82) is 0 Å². The zero-order valence-electron chi connectivity index (χ0n) is 16.2. The van der Waals surface area contributed by atoms with Gasteiger partial charge in [-0.2, -0.15) is 16.8 Å². The van der Waals surface area contributed by atoms with Crippen LogP contribution in [-0.4, -0.2) is 112 Å². The van der Waals surface area contributed by atoms with Gasteiger partial charge in [-0.15, -0.1) is 10.1 Å². The number of rotatable bonds is 8. The second-order valence-electron chi connectivity index (χ2n) is 6.25. The number of hydrogen-bond acceptors (Lipinski definition) is 12. The summed E-state index contributed by atoms with van der Waals surface area (Å²) in [6, 6.07) is 0. The summed E-state index contributed by atoms with van der Waals surface area (Å²) in [6.45, 7) is 0. The predicted molar refractivity (Wildman–Crippen MR) is 95.4 cm³/mol. The Kier molecular flexibility index (Phi) is 9.05. The summed E-state index contributed by atoms with van der Waals surface area (Å²) in [5, 5.41) is -4.47. The fourth-order valence-corrected chi connectivity index (χ4v) is 3.90. The van der Waals surface area contributed by atoms with Crippen molar-refractivity contribution in [2.75, 3.05) is 0 Å². The van der Waals surface area contributed by atoms with Gasteiger partial charge in [0.25, 0.3) is 43.9 Å². The Bertz CT molecular complexity index is 984. The molecule has 19 heteroatoms. The van der Waals surface area contributed by atoms with Crippen LogP contribution < -0.4 is 0 Å². The van der Waals surface area contributed by atoms with Crippen LogP contribution in [0.1, 0.15) is 32.1 Å². The molecule has 0 aliphatic carbocycles. The van der Waals surface area contributed by atoms with Crippen molar-refractivity contribution in [3.8, 4) is 0 Å². The van der Waals surface area contributed by atoms with Gasteiger partial charge in [0.1, 0.15) is 0 Å². The minimum Gasteiger partial charge on any atom is -0.330 e. The number of imide groups is 2. The standard InChI is InChI=1S/C13H14N2O14S2.Na/c16-8-4-6(30(22,23)24)12(20)14(8)28-10(18)2-1-3-11(19)29-15-9(17)5-7(13(15)21)31(25,26)27;/h6-7H,1-5H2,(H,22,23,24)(H,25,26,27);. The van der Waals surface area contributed by atoms with E-state index >= 15 is 0 Å². The Labute approximate surface area is 201 Å². The van der Waals surface area contributed by atoms with E-state index in [-0.39, 0.29) is 46.1 Å². The molecule has 2 atom stereocenters. The molecule has 0 bridgehead atoms. The molecule has 0 aromatic rings.